The lowest BCUT2D eigenvalue weighted by atomic mass is 10.4. The van der Waals surface area contributed by atoms with Crippen LogP contribution in [0.2, 0.25) is 0 Å². The van der Waals surface area contributed by atoms with Crippen LogP contribution in [0, 0.1) is 5.92 Å². The molecule has 0 unspecified atom stereocenters. The Morgan fingerprint density at radius 3 is 2.67 bits per heavy atom. The Morgan fingerprint density at radius 2 is 2.25 bits per heavy atom. The first-order valence-corrected chi connectivity index (χ1v) is 4.09. The summed E-state index contributed by atoms with van der Waals surface area (Å²) in [7, 11) is 1.77. The van der Waals surface area contributed by atoms with E-state index in [1.165, 1.54) is 0 Å². The topological polar surface area (TPSA) is 41.1 Å². The summed E-state index contributed by atoms with van der Waals surface area (Å²) >= 11 is 0. The zero-order chi connectivity index (χ0) is 8.97. The second-order valence-corrected chi connectivity index (χ2v) is 2.83. The van der Waals surface area contributed by atoms with Gasteiger partial charge in [-0.3, -0.25) is 4.79 Å². The van der Waals surface area contributed by atoms with E-state index >= 15 is 0 Å². The van der Waals surface area contributed by atoms with Gasteiger partial charge in [0.25, 0.3) is 0 Å². The number of nitrogens with one attached hydrogen (secondary N) is 2. The number of hydrogen-bond donors (Lipinski definition) is 2. The average molecular weight is 166 g/mol. The van der Waals surface area contributed by atoms with E-state index in [0.717, 1.165) is 12.8 Å². The van der Waals surface area contributed by atoms with Crippen LogP contribution in [0.25, 0.3) is 0 Å². The first-order chi connectivity index (χ1) is 5.77. The van der Waals surface area contributed by atoms with Gasteiger partial charge in [0, 0.05) is 13.0 Å². The van der Waals surface area contributed by atoms with E-state index in [9.17, 15) is 4.79 Å². The van der Waals surface area contributed by atoms with Gasteiger partial charge in [-0.1, -0.05) is 12.7 Å². The van der Waals surface area contributed by atoms with Crippen molar-refractivity contribution in [2.24, 2.45) is 5.92 Å². The number of rotatable bonds is 4. The second kappa shape index (κ2) is 3.95. The van der Waals surface area contributed by atoms with Crippen LogP contribution in [-0.2, 0) is 4.79 Å². The molecule has 3 nitrogen and oxygen atoms in total. The molecule has 1 amide bonds. The molecule has 1 aliphatic rings. The standard InChI is InChI=1S/C9H14N2O/c1-3-4-8(10-2)11-9(12)7-5-6-7/h3-4,7,10H,1,5-6H2,2H3,(H,11,12)/b8-4+. The first kappa shape index (κ1) is 8.84. The van der Waals surface area contributed by atoms with Crippen LogP contribution in [0.5, 0.6) is 0 Å². The van der Waals surface area contributed by atoms with Crippen molar-refractivity contribution in [2.75, 3.05) is 7.05 Å². The normalized spacial score (nSPS) is 16.9. The summed E-state index contributed by atoms with van der Waals surface area (Å²) in [4.78, 5) is 11.2. The fourth-order valence-corrected chi connectivity index (χ4v) is 0.886. The summed E-state index contributed by atoms with van der Waals surface area (Å²) in [6.45, 7) is 3.55. The van der Waals surface area contributed by atoms with Crippen LogP contribution < -0.4 is 10.6 Å². The van der Waals surface area contributed by atoms with Crippen molar-refractivity contribution in [2.45, 2.75) is 12.8 Å². The van der Waals surface area contributed by atoms with E-state index in [1.54, 1.807) is 19.2 Å². The molecule has 12 heavy (non-hydrogen) atoms. The molecule has 1 saturated carbocycles. The molecule has 1 aliphatic carbocycles. The van der Waals surface area contributed by atoms with Crippen molar-refractivity contribution < 1.29 is 4.79 Å². The molecule has 66 valence electrons. The molecule has 0 aromatic heterocycles. The maximum atomic E-state index is 11.2. The highest BCUT2D eigenvalue weighted by atomic mass is 16.2. The summed E-state index contributed by atoms with van der Waals surface area (Å²) in [6.07, 6.45) is 5.42. The summed E-state index contributed by atoms with van der Waals surface area (Å²) in [5, 5.41) is 5.64. The third-order valence-corrected chi connectivity index (χ3v) is 1.76. The highest BCUT2D eigenvalue weighted by Gasteiger charge is 2.29. The van der Waals surface area contributed by atoms with Crippen molar-refractivity contribution in [1.82, 2.24) is 10.6 Å². The van der Waals surface area contributed by atoms with Gasteiger partial charge in [0.1, 0.15) is 5.82 Å². The Balaban J connectivity index is 2.40. The van der Waals surface area contributed by atoms with Gasteiger partial charge in [-0.25, -0.2) is 0 Å². The molecule has 0 saturated heterocycles. The fourth-order valence-electron chi connectivity index (χ4n) is 0.886. The molecule has 0 atom stereocenters. The average Bonchev–Trinajstić information content (AvgIpc) is 2.85. The monoisotopic (exact) mass is 166 g/mol. The summed E-state index contributed by atoms with van der Waals surface area (Å²) in [6, 6.07) is 0. The van der Waals surface area contributed by atoms with Crippen LogP contribution in [0.3, 0.4) is 0 Å². The highest BCUT2D eigenvalue weighted by molar-refractivity contribution is 5.82. The molecule has 3 heteroatoms. The summed E-state index contributed by atoms with van der Waals surface area (Å²) < 4.78 is 0. The third-order valence-electron chi connectivity index (χ3n) is 1.76. The number of hydrogen-bond acceptors (Lipinski definition) is 2. The van der Waals surface area contributed by atoms with E-state index < -0.39 is 0 Å². The van der Waals surface area contributed by atoms with Crippen LogP contribution in [0.1, 0.15) is 12.8 Å². The Hall–Kier alpha value is -1.25. The number of allylic oxidation sites excluding steroid dienone is 2. The van der Waals surface area contributed by atoms with Gasteiger partial charge in [-0.2, -0.15) is 0 Å². The molecule has 0 aliphatic heterocycles. The fraction of sp³-hybridized carbons (Fsp3) is 0.444. The second-order valence-electron chi connectivity index (χ2n) is 2.83. The molecule has 0 spiro atoms. The van der Waals surface area contributed by atoms with E-state index in [-0.39, 0.29) is 11.8 Å². The maximum absolute atomic E-state index is 11.2. The number of carbonyl (C=O) groups is 1. The Bertz CT molecular complexity index is 217. The minimum Gasteiger partial charge on any atom is -0.375 e. The van der Waals surface area contributed by atoms with Gasteiger partial charge in [0.15, 0.2) is 0 Å². The predicted octanol–water partition coefficient (Wildman–Crippen LogP) is 0.759. The minimum atomic E-state index is 0.109. The van der Waals surface area contributed by atoms with Gasteiger partial charge >= 0.3 is 0 Å². The van der Waals surface area contributed by atoms with Crippen molar-refractivity contribution in [3.63, 3.8) is 0 Å². The van der Waals surface area contributed by atoms with Crippen molar-refractivity contribution in [3.05, 3.63) is 24.6 Å². The van der Waals surface area contributed by atoms with E-state index in [4.69, 9.17) is 0 Å². The third kappa shape index (κ3) is 2.42. The molecular weight excluding hydrogens is 152 g/mol. The molecule has 1 fully saturated rings. The smallest absolute Gasteiger partial charge is 0.228 e. The van der Waals surface area contributed by atoms with Crippen LogP contribution >= 0.6 is 0 Å². The zero-order valence-corrected chi connectivity index (χ0v) is 7.26. The number of carbonyl (C=O) groups excluding carboxylic acids is 1. The van der Waals surface area contributed by atoms with Gasteiger partial charge in [-0.05, 0) is 18.9 Å². The Kier molecular flexibility index (Phi) is 2.91. The lowest BCUT2D eigenvalue weighted by molar-refractivity contribution is -0.121. The lowest BCUT2D eigenvalue weighted by Gasteiger charge is -2.06. The molecule has 0 aromatic carbocycles. The van der Waals surface area contributed by atoms with Gasteiger partial charge in [0.05, 0.1) is 0 Å². The lowest BCUT2D eigenvalue weighted by Crippen LogP contribution is -2.30. The molecule has 0 radical (unpaired) electrons. The molecule has 0 bridgehead atoms. The van der Waals surface area contributed by atoms with Crippen LogP contribution in [0.4, 0.5) is 0 Å². The maximum Gasteiger partial charge on any atom is 0.228 e. The highest BCUT2D eigenvalue weighted by Crippen LogP contribution is 2.28. The van der Waals surface area contributed by atoms with Gasteiger partial charge in [0.2, 0.25) is 5.91 Å². The Morgan fingerprint density at radius 1 is 1.58 bits per heavy atom. The van der Waals surface area contributed by atoms with E-state index in [0.29, 0.717) is 5.82 Å². The van der Waals surface area contributed by atoms with Crippen molar-refractivity contribution in [3.8, 4) is 0 Å². The van der Waals surface area contributed by atoms with E-state index in [1.807, 2.05) is 0 Å². The number of amides is 1. The summed E-state index contributed by atoms with van der Waals surface area (Å²) in [5.74, 6) is 1.06. The largest absolute Gasteiger partial charge is 0.375 e. The van der Waals surface area contributed by atoms with Crippen LogP contribution in [0.15, 0.2) is 24.6 Å². The van der Waals surface area contributed by atoms with Gasteiger partial charge < -0.3 is 10.6 Å². The predicted molar refractivity (Wildman–Crippen MR) is 48.2 cm³/mol. The van der Waals surface area contributed by atoms with Crippen molar-refractivity contribution in [1.29, 1.82) is 0 Å². The molecular formula is C9H14N2O. The Labute approximate surface area is 72.5 Å². The van der Waals surface area contributed by atoms with Gasteiger partial charge in [-0.15, -0.1) is 0 Å². The van der Waals surface area contributed by atoms with Crippen LogP contribution in [-0.4, -0.2) is 13.0 Å². The quantitative estimate of drug-likeness (QED) is 0.605. The summed E-state index contributed by atoms with van der Waals surface area (Å²) in [5.41, 5.74) is 0. The first-order valence-electron chi connectivity index (χ1n) is 4.09. The molecule has 1 rings (SSSR count). The SMILES string of the molecule is C=C/C=C(\NC)NC(=O)C1CC1. The zero-order valence-electron chi connectivity index (χ0n) is 7.26. The van der Waals surface area contributed by atoms with E-state index in [2.05, 4.69) is 17.2 Å². The minimum absolute atomic E-state index is 0.109. The molecule has 2 N–H and O–H groups in total. The molecule has 0 aromatic rings. The van der Waals surface area contributed by atoms with Crippen molar-refractivity contribution >= 4 is 5.91 Å². The molecule has 0 heterocycles.